The van der Waals surface area contributed by atoms with Crippen LogP contribution in [0.4, 0.5) is 5.69 Å². The Hall–Kier alpha value is -0.760. The van der Waals surface area contributed by atoms with E-state index in [1.165, 1.54) is 6.20 Å². The van der Waals surface area contributed by atoms with Crippen LogP contribution in [0.25, 0.3) is 0 Å². The molecule has 0 aliphatic heterocycles. The minimum Gasteiger partial charge on any atom is -0.390 e. The molecule has 1 heterocycles. The van der Waals surface area contributed by atoms with Gasteiger partial charge in [0.25, 0.3) is 0 Å². The highest BCUT2D eigenvalue weighted by molar-refractivity contribution is 9.09. The van der Waals surface area contributed by atoms with Gasteiger partial charge in [-0.1, -0.05) is 27.5 Å². The lowest BCUT2D eigenvalue weighted by Crippen LogP contribution is -2.19. The van der Waals surface area contributed by atoms with Crippen LogP contribution in [-0.2, 0) is 0 Å². The SMILES string of the molecule is O=[N+]([O-])c1cncc(C(O)C(O)CCBr)c1Cl. The summed E-state index contributed by atoms with van der Waals surface area (Å²) in [6.45, 7) is 0. The largest absolute Gasteiger partial charge is 0.390 e. The predicted molar refractivity (Wildman–Crippen MR) is 65.3 cm³/mol. The van der Waals surface area contributed by atoms with E-state index in [2.05, 4.69) is 20.9 Å². The highest BCUT2D eigenvalue weighted by atomic mass is 79.9. The van der Waals surface area contributed by atoms with Crippen LogP contribution in [0.3, 0.4) is 0 Å². The molecule has 1 aromatic rings. The van der Waals surface area contributed by atoms with Gasteiger partial charge in [-0.05, 0) is 6.42 Å². The first-order valence-corrected chi connectivity index (χ1v) is 6.18. The molecule has 0 aromatic carbocycles. The molecule has 0 spiro atoms. The minimum absolute atomic E-state index is 0.0503. The van der Waals surface area contributed by atoms with Crippen LogP contribution in [0, 0.1) is 10.1 Å². The molecule has 0 bridgehead atoms. The second kappa shape index (κ2) is 6.25. The maximum Gasteiger partial charge on any atom is 0.306 e. The molecule has 2 atom stereocenters. The molecule has 8 heteroatoms. The van der Waals surface area contributed by atoms with Crippen LogP contribution in [0.1, 0.15) is 18.1 Å². The standard InChI is InChI=1S/C9H10BrClN2O4/c10-2-1-7(14)9(15)5-3-12-4-6(8(5)11)13(16)17/h3-4,7,9,14-15H,1-2H2. The summed E-state index contributed by atoms with van der Waals surface area (Å²) in [6.07, 6.45) is 0.135. The molecule has 0 radical (unpaired) electrons. The van der Waals surface area contributed by atoms with Crippen LogP contribution in [0.15, 0.2) is 12.4 Å². The topological polar surface area (TPSA) is 96.5 Å². The fourth-order valence-corrected chi connectivity index (χ4v) is 2.01. The summed E-state index contributed by atoms with van der Waals surface area (Å²) in [5.74, 6) is 0. The second-order valence-corrected chi connectivity index (χ2v) is 4.48. The van der Waals surface area contributed by atoms with Gasteiger partial charge in [0, 0.05) is 17.1 Å². The van der Waals surface area contributed by atoms with Crippen LogP contribution < -0.4 is 0 Å². The fourth-order valence-electron chi connectivity index (χ4n) is 1.26. The van der Waals surface area contributed by atoms with Crippen LogP contribution in [0.5, 0.6) is 0 Å². The van der Waals surface area contributed by atoms with Crippen molar-refractivity contribution in [1.82, 2.24) is 4.98 Å². The third-order valence-corrected chi connectivity index (χ3v) is 3.04. The molecule has 17 heavy (non-hydrogen) atoms. The molecule has 0 aliphatic rings. The summed E-state index contributed by atoms with van der Waals surface area (Å²) < 4.78 is 0. The zero-order valence-corrected chi connectivity index (χ0v) is 10.9. The number of hydrogen-bond donors (Lipinski definition) is 2. The molecule has 0 aliphatic carbocycles. The Morgan fingerprint density at radius 1 is 1.53 bits per heavy atom. The number of nitrogens with zero attached hydrogens (tertiary/aromatic N) is 2. The molecular formula is C9H10BrClN2O4. The van der Waals surface area contributed by atoms with Gasteiger partial charge in [0.15, 0.2) is 0 Å². The van der Waals surface area contributed by atoms with E-state index in [1.807, 2.05) is 0 Å². The van der Waals surface area contributed by atoms with E-state index >= 15 is 0 Å². The lowest BCUT2D eigenvalue weighted by molar-refractivity contribution is -0.385. The van der Waals surface area contributed by atoms with Gasteiger partial charge in [0.1, 0.15) is 17.3 Å². The molecular weight excluding hydrogens is 315 g/mol. The van der Waals surface area contributed by atoms with E-state index in [1.54, 1.807) is 0 Å². The minimum atomic E-state index is -1.30. The molecule has 94 valence electrons. The Bertz CT molecular complexity index is 418. The van der Waals surface area contributed by atoms with E-state index in [-0.39, 0.29) is 10.6 Å². The number of nitro groups is 1. The molecule has 6 nitrogen and oxygen atoms in total. The third kappa shape index (κ3) is 3.35. The zero-order chi connectivity index (χ0) is 13.0. The van der Waals surface area contributed by atoms with Crippen LogP contribution >= 0.6 is 27.5 Å². The van der Waals surface area contributed by atoms with Crippen molar-refractivity contribution < 1.29 is 15.1 Å². The Morgan fingerprint density at radius 3 is 2.71 bits per heavy atom. The number of aliphatic hydroxyl groups excluding tert-OH is 2. The number of rotatable bonds is 5. The summed E-state index contributed by atoms with van der Waals surface area (Å²) in [5.41, 5.74) is -0.344. The van der Waals surface area contributed by atoms with Gasteiger partial charge in [-0.25, -0.2) is 0 Å². The number of hydrogen-bond acceptors (Lipinski definition) is 5. The highest BCUT2D eigenvalue weighted by Gasteiger charge is 2.25. The molecule has 0 fully saturated rings. The van der Waals surface area contributed by atoms with Gasteiger partial charge in [0.05, 0.1) is 11.0 Å². The van der Waals surface area contributed by atoms with Crippen molar-refractivity contribution in [3.05, 3.63) is 33.1 Å². The van der Waals surface area contributed by atoms with Crippen molar-refractivity contribution in [2.24, 2.45) is 0 Å². The average Bonchev–Trinajstić information content (AvgIpc) is 2.28. The van der Waals surface area contributed by atoms with Crippen molar-refractivity contribution in [3.8, 4) is 0 Å². The fraction of sp³-hybridized carbons (Fsp3) is 0.444. The van der Waals surface area contributed by atoms with E-state index in [9.17, 15) is 20.3 Å². The quantitative estimate of drug-likeness (QED) is 0.489. The number of aliphatic hydroxyl groups is 2. The number of pyridine rings is 1. The van der Waals surface area contributed by atoms with Gasteiger partial charge < -0.3 is 10.2 Å². The zero-order valence-electron chi connectivity index (χ0n) is 8.58. The third-order valence-electron chi connectivity index (χ3n) is 2.17. The lowest BCUT2D eigenvalue weighted by Gasteiger charge is -2.17. The summed E-state index contributed by atoms with van der Waals surface area (Å²) in [5, 5.41) is 30.3. The maximum absolute atomic E-state index is 10.6. The van der Waals surface area contributed by atoms with E-state index in [0.717, 1.165) is 6.20 Å². The second-order valence-electron chi connectivity index (χ2n) is 3.31. The smallest absolute Gasteiger partial charge is 0.306 e. The van der Waals surface area contributed by atoms with Crippen molar-refractivity contribution in [2.45, 2.75) is 18.6 Å². The molecule has 2 unspecified atom stereocenters. The molecule has 1 aromatic heterocycles. The number of aromatic nitrogens is 1. The Labute approximate surface area is 111 Å². The monoisotopic (exact) mass is 324 g/mol. The molecule has 0 amide bonds. The number of alkyl halides is 1. The van der Waals surface area contributed by atoms with Crippen LogP contribution in [-0.4, -0.2) is 31.6 Å². The summed E-state index contributed by atoms with van der Waals surface area (Å²) in [6, 6.07) is 0. The van der Waals surface area contributed by atoms with Gasteiger partial charge in [-0.3, -0.25) is 15.1 Å². The summed E-state index contributed by atoms with van der Waals surface area (Å²) in [7, 11) is 0. The predicted octanol–water partition coefficient (Wildman–Crippen LogP) is 1.82. The molecule has 2 N–H and O–H groups in total. The summed E-state index contributed by atoms with van der Waals surface area (Å²) in [4.78, 5) is 13.6. The normalized spacial score (nSPS) is 14.4. The Kier molecular flexibility index (Phi) is 5.26. The van der Waals surface area contributed by atoms with Gasteiger partial charge in [-0.15, -0.1) is 0 Å². The van der Waals surface area contributed by atoms with E-state index < -0.39 is 22.8 Å². The van der Waals surface area contributed by atoms with Crippen molar-refractivity contribution in [2.75, 3.05) is 5.33 Å². The van der Waals surface area contributed by atoms with E-state index in [4.69, 9.17) is 11.6 Å². The van der Waals surface area contributed by atoms with Crippen molar-refractivity contribution in [3.63, 3.8) is 0 Å². The average molecular weight is 326 g/mol. The first-order valence-electron chi connectivity index (χ1n) is 4.69. The van der Waals surface area contributed by atoms with E-state index in [0.29, 0.717) is 11.8 Å². The molecule has 1 rings (SSSR count). The first-order chi connectivity index (χ1) is 7.99. The van der Waals surface area contributed by atoms with Gasteiger partial charge >= 0.3 is 5.69 Å². The maximum atomic E-state index is 10.6. The molecule has 0 saturated carbocycles. The Morgan fingerprint density at radius 2 is 2.18 bits per heavy atom. The highest BCUT2D eigenvalue weighted by Crippen LogP contribution is 2.32. The van der Waals surface area contributed by atoms with Crippen molar-refractivity contribution in [1.29, 1.82) is 0 Å². The van der Waals surface area contributed by atoms with Crippen LogP contribution in [0.2, 0.25) is 5.02 Å². The lowest BCUT2D eigenvalue weighted by atomic mass is 10.0. The number of halogens is 2. The molecule has 0 saturated heterocycles. The van der Waals surface area contributed by atoms with Gasteiger partial charge in [0.2, 0.25) is 0 Å². The Balaban J connectivity index is 3.06. The first kappa shape index (κ1) is 14.3. The van der Waals surface area contributed by atoms with Crippen molar-refractivity contribution >= 4 is 33.2 Å². The summed E-state index contributed by atoms with van der Waals surface area (Å²) >= 11 is 8.90. The van der Waals surface area contributed by atoms with Gasteiger partial charge in [-0.2, -0.15) is 0 Å².